The van der Waals surface area contributed by atoms with Gasteiger partial charge in [-0.05, 0) is 37.5 Å². The number of nitrogens with zero attached hydrogens (tertiary/aromatic N) is 4. The van der Waals surface area contributed by atoms with E-state index in [2.05, 4.69) is 30.6 Å². The Morgan fingerprint density at radius 1 is 0.830 bits per heavy atom. The van der Waals surface area contributed by atoms with Crippen LogP contribution in [0.15, 0.2) is 104 Å². The van der Waals surface area contributed by atoms with Crippen molar-refractivity contribution in [3.05, 3.63) is 146 Å². The van der Waals surface area contributed by atoms with Gasteiger partial charge in [-0.15, -0.1) is 20.2 Å². The van der Waals surface area contributed by atoms with Gasteiger partial charge in [-0.2, -0.15) is 0 Å². The second-order valence-corrected chi connectivity index (χ2v) is 12.8. The molecular weight excluding hydrogens is 690 g/mol. The summed E-state index contributed by atoms with van der Waals surface area (Å²) in [5.41, 5.74) is 1.52. The first-order valence-corrected chi connectivity index (χ1v) is 16.6. The number of ether oxygens (including phenoxy) is 1. The van der Waals surface area contributed by atoms with Crippen LogP contribution in [0.5, 0.6) is 0 Å². The molecule has 0 aliphatic carbocycles. The number of hydrogen-bond donors (Lipinski definition) is 3. The van der Waals surface area contributed by atoms with Crippen LogP contribution in [0.1, 0.15) is 49.6 Å². The van der Waals surface area contributed by atoms with Gasteiger partial charge in [0.25, 0.3) is 10.2 Å². The lowest BCUT2D eigenvalue weighted by atomic mass is 9.77. The van der Waals surface area contributed by atoms with Crippen molar-refractivity contribution in [2.75, 3.05) is 19.7 Å². The Bertz CT molecular complexity index is 1740. The lowest BCUT2D eigenvalue weighted by Crippen LogP contribution is -2.50. The van der Waals surface area contributed by atoms with Gasteiger partial charge < -0.3 is 34.9 Å². The third kappa shape index (κ3) is 11.2. The summed E-state index contributed by atoms with van der Waals surface area (Å²) in [7, 11) is 0. The molecule has 0 bridgehead atoms. The number of carbonyl (C=O) groups excluding carboxylic acids is 3. The van der Waals surface area contributed by atoms with Crippen molar-refractivity contribution in [1.82, 2.24) is 25.5 Å². The molecule has 2 atom stereocenters. The first-order valence-electron chi connectivity index (χ1n) is 16.6. The summed E-state index contributed by atoms with van der Waals surface area (Å²) in [4.78, 5) is 73.7. The average Bonchev–Trinajstić information content (AvgIpc) is 3.58. The summed E-state index contributed by atoms with van der Waals surface area (Å²) < 4.78 is 7.12. The third-order valence-corrected chi connectivity index (χ3v) is 7.79. The highest BCUT2D eigenvalue weighted by molar-refractivity contribution is 5.88. The average molecular weight is 732 g/mol. The topological polar surface area (TPSA) is 219 Å². The molecule has 0 aliphatic heterocycles. The van der Waals surface area contributed by atoms with E-state index in [1.165, 1.54) is 0 Å². The first-order chi connectivity index (χ1) is 25.3. The third-order valence-electron chi connectivity index (χ3n) is 7.79. The summed E-state index contributed by atoms with van der Waals surface area (Å²) >= 11 is 0. The Hall–Kier alpha value is -6.52. The van der Waals surface area contributed by atoms with Gasteiger partial charge in [-0.25, -0.2) is 9.78 Å². The maximum Gasteiger partial charge on any atom is 0.407 e. The number of benzene rings is 3. The van der Waals surface area contributed by atoms with Gasteiger partial charge in [0.15, 0.2) is 0 Å². The summed E-state index contributed by atoms with van der Waals surface area (Å²) in [5.74, 6) is -1.39. The molecule has 3 N–H and O–H groups in total. The molecule has 0 saturated heterocycles. The van der Waals surface area contributed by atoms with E-state index < -0.39 is 64.5 Å². The van der Waals surface area contributed by atoms with Crippen LogP contribution in [0.25, 0.3) is 0 Å². The first kappa shape index (κ1) is 39.3. The largest absolute Gasteiger partial charge is 0.444 e. The van der Waals surface area contributed by atoms with Crippen molar-refractivity contribution >= 4 is 17.9 Å². The highest BCUT2D eigenvalue weighted by atomic mass is 17.0. The van der Waals surface area contributed by atoms with Crippen LogP contribution in [0.4, 0.5) is 4.79 Å². The Morgan fingerprint density at radius 3 is 1.87 bits per heavy atom. The molecule has 1 heterocycles. The molecule has 0 spiro atoms. The van der Waals surface area contributed by atoms with Gasteiger partial charge in [0.1, 0.15) is 29.9 Å². The summed E-state index contributed by atoms with van der Waals surface area (Å²) in [6, 6.07) is 28.2. The molecule has 53 heavy (non-hydrogen) atoms. The van der Waals surface area contributed by atoms with E-state index >= 15 is 0 Å². The van der Waals surface area contributed by atoms with Crippen LogP contribution in [-0.4, -0.2) is 75.1 Å². The van der Waals surface area contributed by atoms with E-state index in [1.807, 2.05) is 95.6 Å². The van der Waals surface area contributed by atoms with Gasteiger partial charge >= 0.3 is 6.09 Å². The fourth-order valence-corrected chi connectivity index (χ4v) is 5.64. The molecular formula is C36H41N7O10. The SMILES string of the molecule is CC(C)(C)OC(=O)NCCC(=O)N[C@@H](Cc1cn(C(c2ccccc2)(c2ccccc2)c2ccccc2)cn1)C(=O)NC[C@@H](CO[N+](=O)[O-])O[N+](=O)[O-]. The van der Waals surface area contributed by atoms with E-state index in [0.29, 0.717) is 5.69 Å². The van der Waals surface area contributed by atoms with E-state index in [0.717, 1.165) is 16.7 Å². The van der Waals surface area contributed by atoms with Gasteiger partial charge in [0.2, 0.25) is 11.8 Å². The highest BCUT2D eigenvalue weighted by Gasteiger charge is 2.38. The van der Waals surface area contributed by atoms with Crippen LogP contribution in [-0.2, 0) is 36.0 Å². The van der Waals surface area contributed by atoms with E-state index in [4.69, 9.17) is 4.74 Å². The lowest BCUT2D eigenvalue weighted by Gasteiger charge is -2.37. The predicted octanol–water partition coefficient (Wildman–Crippen LogP) is 3.57. The summed E-state index contributed by atoms with van der Waals surface area (Å²) in [5, 5.41) is 26.9. The molecule has 280 valence electrons. The number of nitrogens with one attached hydrogen (secondary N) is 3. The molecule has 4 rings (SSSR count). The zero-order valence-electron chi connectivity index (χ0n) is 29.4. The van der Waals surface area contributed by atoms with Gasteiger partial charge in [0.05, 0.1) is 12.0 Å². The number of amides is 3. The predicted molar refractivity (Wildman–Crippen MR) is 189 cm³/mol. The molecule has 0 saturated carbocycles. The van der Waals surface area contributed by atoms with Crippen molar-refractivity contribution in [3.63, 3.8) is 0 Å². The normalized spacial score (nSPS) is 12.4. The Kier molecular flexibility index (Phi) is 13.4. The van der Waals surface area contributed by atoms with Crippen molar-refractivity contribution in [1.29, 1.82) is 0 Å². The lowest BCUT2D eigenvalue weighted by molar-refractivity contribution is -0.789. The molecule has 1 aromatic heterocycles. The highest BCUT2D eigenvalue weighted by Crippen LogP contribution is 2.40. The minimum atomic E-state index is -1.53. The monoisotopic (exact) mass is 731 g/mol. The molecule has 17 heteroatoms. The zero-order chi connectivity index (χ0) is 38.4. The number of rotatable bonds is 18. The Balaban J connectivity index is 1.64. The standard InChI is InChI=1S/C36H41N7O10/c1-35(2,3)52-34(46)37-20-19-32(44)40-31(33(45)38-22-30(53-43(49)50)24-51-42(47)48)21-29-23-41(25-39-29)36(26-13-7-4-8-14-26,27-15-9-5-10-16-27)28-17-11-6-12-18-28/h4-18,23,25,30-31H,19-22,24H2,1-3H3,(H,37,46)(H,38,45)(H,40,44)/t30-,31-/m0/s1. The number of hydrogen-bond acceptors (Lipinski definition) is 11. The second-order valence-electron chi connectivity index (χ2n) is 12.8. The maximum atomic E-state index is 13.6. The van der Waals surface area contributed by atoms with Crippen molar-refractivity contribution in [2.45, 2.75) is 56.9 Å². The molecule has 3 aromatic carbocycles. The quantitative estimate of drug-likeness (QED) is 0.0763. The van der Waals surface area contributed by atoms with Crippen molar-refractivity contribution in [3.8, 4) is 0 Å². The number of carbonyl (C=O) groups is 3. The minimum absolute atomic E-state index is 0.103. The molecule has 0 radical (unpaired) electrons. The number of aromatic nitrogens is 2. The van der Waals surface area contributed by atoms with Crippen LogP contribution >= 0.6 is 0 Å². The fraction of sp³-hybridized carbons (Fsp3) is 0.333. The second kappa shape index (κ2) is 18.1. The van der Waals surface area contributed by atoms with Crippen LogP contribution < -0.4 is 16.0 Å². The fourth-order valence-electron chi connectivity index (χ4n) is 5.64. The maximum absolute atomic E-state index is 13.6. The smallest absolute Gasteiger partial charge is 0.407 e. The van der Waals surface area contributed by atoms with Crippen molar-refractivity contribution in [2.24, 2.45) is 0 Å². The zero-order valence-corrected chi connectivity index (χ0v) is 29.4. The van der Waals surface area contributed by atoms with E-state index in [9.17, 15) is 34.6 Å². The molecule has 17 nitrogen and oxygen atoms in total. The van der Waals surface area contributed by atoms with E-state index in [-0.39, 0.29) is 19.4 Å². The number of imidazole rings is 1. The molecule has 0 unspecified atom stereocenters. The van der Waals surface area contributed by atoms with Gasteiger partial charge in [0, 0.05) is 32.1 Å². The number of alkyl carbamates (subject to hydrolysis) is 1. The van der Waals surface area contributed by atoms with Gasteiger partial charge in [-0.1, -0.05) is 91.0 Å². The molecule has 3 amide bonds. The van der Waals surface area contributed by atoms with Gasteiger partial charge in [-0.3, -0.25) is 9.59 Å². The van der Waals surface area contributed by atoms with Crippen LogP contribution in [0, 0.1) is 20.2 Å². The summed E-state index contributed by atoms with van der Waals surface area (Å²) in [6.45, 7) is 3.57. The van der Waals surface area contributed by atoms with E-state index in [1.54, 1.807) is 33.3 Å². The summed E-state index contributed by atoms with van der Waals surface area (Å²) in [6.07, 6.45) is 0.798. The Morgan fingerprint density at radius 2 is 1.38 bits per heavy atom. The molecule has 0 aliphatic rings. The Labute approximate surface area is 304 Å². The van der Waals surface area contributed by atoms with Crippen LogP contribution in [0.2, 0.25) is 0 Å². The minimum Gasteiger partial charge on any atom is -0.444 e. The van der Waals surface area contributed by atoms with Crippen LogP contribution in [0.3, 0.4) is 0 Å². The molecule has 4 aromatic rings. The van der Waals surface area contributed by atoms with Crippen molar-refractivity contribution < 1.29 is 39.0 Å². The molecule has 0 fully saturated rings.